The van der Waals surface area contributed by atoms with Crippen molar-refractivity contribution < 1.29 is 14.0 Å². The number of halogens is 1. The first-order chi connectivity index (χ1) is 14.2. The van der Waals surface area contributed by atoms with E-state index in [2.05, 4.69) is 20.5 Å². The molecule has 0 fully saturated rings. The Morgan fingerprint density at radius 1 is 1.17 bits per heavy atom. The molecule has 5 rings (SSSR count). The molecule has 0 unspecified atom stereocenters. The van der Waals surface area contributed by atoms with Crippen LogP contribution in [-0.2, 0) is 17.9 Å². The normalized spacial score (nSPS) is 15.9. The average Bonchev–Trinajstić information content (AvgIpc) is 3.40. The summed E-state index contributed by atoms with van der Waals surface area (Å²) in [4.78, 5) is 4.44. The molecular weight excluding hydrogens is 394 g/mol. The molecule has 3 heterocycles. The number of rotatable bonds is 4. The third-order valence-corrected chi connectivity index (χ3v) is 5.14. The van der Waals surface area contributed by atoms with Crippen molar-refractivity contribution >= 4 is 11.6 Å². The van der Waals surface area contributed by atoms with Crippen LogP contribution >= 0.6 is 11.6 Å². The van der Waals surface area contributed by atoms with Crippen LogP contribution in [0.15, 0.2) is 53.1 Å². The summed E-state index contributed by atoms with van der Waals surface area (Å²) in [6.07, 6.45) is -0.145. The number of nitrogens with zero attached hydrogens (tertiary/aromatic N) is 5. The quantitative estimate of drug-likeness (QED) is 0.504. The fourth-order valence-corrected chi connectivity index (χ4v) is 3.51. The molecule has 8 nitrogen and oxygen atoms in total. The van der Waals surface area contributed by atoms with E-state index in [-0.39, 0.29) is 12.0 Å². The molecule has 0 amide bonds. The zero-order valence-electron chi connectivity index (χ0n) is 15.4. The van der Waals surface area contributed by atoms with Crippen LogP contribution in [0.5, 0.6) is 5.75 Å². The first-order valence-corrected chi connectivity index (χ1v) is 9.37. The Bertz CT molecular complexity index is 1170. The lowest BCUT2D eigenvalue weighted by atomic mass is 10.1. The van der Waals surface area contributed by atoms with E-state index in [9.17, 15) is 0 Å². The van der Waals surface area contributed by atoms with Crippen LogP contribution in [0, 0.1) is 0 Å². The molecule has 0 radical (unpaired) electrons. The van der Waals surface area contributed by atoms with Gasteiger partial charge in [-0.15, -0.1) is 5.10 Å². The first-order valence-electron chi connectivity index (χ1n) is 9.00. The molecule has 146 valence electrons. The van der Waals surface area contributed by atoms with Gasteiger partial charge < -0.3 is 14.0 Å². The van der Waals surface area contributed by atoms with Gasteiger partial charge in [-0.25, -0.2) is 4.68 Å². The minimum absolute atomic E-state index is 0.145. The predicted molar refractivity (Wildman–Crippen MR) is 104 cm³/mol. The lowest BCUT2D eigenvalue weighted by molar-refractivity contribution is -0.00127. The van der Waals surface area contributed by atoms with Gasteiger partial charge in [-0.2, -0.15) is 4.98 Å². The summed E-state index contributed by atoms with van der Waals surface area (Å²) in [6.45, 7) is 0.856. The van der Waals surface area contributed by atoms with E-state index >= 15 is 0 Å². The van der Waals surface area contributed by atoms with Crippen molar-refractivity contribution in [2.45, 2.75) is 19.3 Å². The van der Waals surface area contributed by atoms with Crippen LogP contribution in [0.2, 0.25) is 5.02 Å². The van der Waals surface area contributed by atoms with Gasteiger partial charge in [0.25, 0.3) is 5.89 Å². The van der Waals surface area contributed by atoms with Crippen molar-refractivity contribution in [2.24, 2.45) is 0 Å². The standard InChI is InChI=1S/C20H16ClN5O3/c1-27-13-6-4-5-12(9-13)17-10-26-16(11-28-17)18(23-25-26)20-22-19(24-29-20)14-7-2-3-8-15(14)21/h2-9,17H,10-11H2,1H3/t17-/m0/s1. The van der Waals surface area contributed by atoms with Crippen molar-refractivity contribution in [3.8, 4) is 28.7 Å². The number of fused-ring (bicyclic) bond motifs is 1. The van der Waals surface area contributed by atoms with E-state index in [0.717, 1.165) is 17.0 Å². The minimum atomic E-state index is -0.145. The monoisotopic (exact) mass is 409 g/mol. The Morgan fingerprint density at radius 3 is 2.93 bits per heavy atom. The van der Waals surface area contributed by atoms with E-state index in [1.165, 1.54) is 0 Å². The number of ether oxygens (including phenoxy) is 2. The Hall–Kier alpha value is -3.23. The largest absolute Gasteiger partial charge is 0.497 e. The fourth-order valence-electron chi connectivity index (χ4n) is 3.29. The van der Waals surface area contributed by atoms with Gasteiger partial charge in [0.05, 0.1) is 31.0 Å². The van der Waals surface area contributed by atoms with Gasteiger partial charge in [0.15, 0.2) is 5.69 Å². The molecule has 9 heteroatoms. The SMILES string of the molecule is COc1cccc([C@@H]2Cn3nnc(-c4nc(-c5ccccc5Cl)no4)c3CO2)c1. The summed E-state index contributed by atoms with van der Waals surface area (Å²) >= 11 is 6.22. The molecule has 1 atom stereocenters. The van der Waals surface area contributed by atoms with E-state index < -0.39 is 0 Å². The second kappa shape index (κ2) is 7.31. The van der Waals surface area contributed by atoms with E-state index in [4.69, 9.17) is 25.6 Å². The van der Waals surface area contributed by atoms with E-state index in [1.54, 1.807) is 13.2 Å². The highest BCUT2D eigenvalue weighted by atomic mass is 35.5. The molecule has 0 N–H and O–H groups in total. The summed E-state index contributed by atoms with van der Waals surface area (Å²) in [5.41, 5.74) is 3.02. The molecule has 0 aliphatic carbocycles. The second-order valence-corrected chi connectivity index (χ2v) is 6.95. The molecule has 0 saturated heterocycles. The van der Waals surface area contributed by atoms with Gasteiger partial charge in [-0.05, 0) is 29.8 Å². The third kappa shape index (κ3) is 3.26. The van der Waals surface area contributed by atoms with Crippen molar-refractivity contribution in [1.82, 2.24) is 25.1 Å². The third-order valence-electron chi connectivity index (χ3n) is 4.81. The summed E-state index contributed by atoms with van der Waals surface area (Å²) in [5, 5.41) is 13.1. The van der Waals surface area contributed by atoms with Crippen molar-refractivity contribution in [3.63, 3.8) is 0 Å². The van der Waals surface area contributed by atoms with Gasteiger partial charge in [0.2, 0.25) is 5.82 Å². The summed E-state index contributed by atoms with van der Waals surface area (Å²) in [5.74, 6) is 1.47. The lowest BCUT2D eigenvalue weighted by Gasteiger charge is -2.24. The Balaban J connectivity index is 1.42. The van der Waals surface area contributed by atoms with Gasteiger partial charge in [0, 0.05) is 5.56 Å². The molecule has 0 spiro atoms. The highest BCUT2D eigenvalue weighted by molar-refractivity contribution is 6.33. The highest BCUT2D eigenvalue weighted by Crippen LogP contribution is 2.32. The second-order valence-electron chi connectivity index (χ2n) is 6.55. The van der Waals surface area contributed by atoms with E-state index in [1.807, 2.05) is 47.1 Å². The summed E-state index contributed by atoms with van der Waals surface area (Å²) < 4.78 is 18.6. The molecule has 1 aliphatic rings. The number of methoxy groups -OCH3 is 1. The Kier molecular flexibility index (Phi) is 4.49. The average molecular weight is 410 g/mol. The Morgan fingerprint density at radius 2 is 2.07 bits per heavy atom. The molecule has 29 heavy (non-hydrogen) atoms. The molecule has 1 aliphatic heterocycles. The van der Waals surface area contributed by atoms with Crippen LogP contribution in [0.1, 0.15) is 17.4 Å². The van der Waals surface area contributed by atoms with Crippen LogP contribution in [0.25, 0.3) is 23.0 Å². The summed E-state index contributed by atoms with van der Waals surface area (Å²) in [7, 11) is 1.64. The maximum absolute atomic E-state index is 6.22. The zero-order valence-corrected chi connectivity index (χ0v) is 16.2. The topological polar surface area (TPSA) is 88.1 Å². The predicted octanol–water partition coefficient (Wildman–Crippen LogP) is 3.93. The van der Waals surface area contributed by atoms with Crippen LogP contribution in [0.3, 0.4) is 0 Å². The van der Waals surface area contributed by atoms with Crippen LogP contribution in [0.4, 0.5) is 0 Å². The zero-order chi connectivity index (χ0) is 19.8. The minimum Gasteiger partial charge on any atom is -0.497 e. The Labute approximate surface area is 171 Å². The number of hydrogen-bond acceptors (Lipinski definition) is 7. The summed E-state index contributed by atoms with van der Waals surface area (Å²) in [6, 6.07) is 15.1. The fraction of sp³-hybridized carbons (Fsp3) is 0.200. The smallest absolute Gasteiger partial charge is 0.280 e. The molecule has 2 aromatic heterocycles. The first kappa shape index (κ1) is 17.8. The number of benzene rings is 2. The van der Waals surface area contributed by atoms with Crippen LogP contribution < -0.4 is 4.74 Å². The molecule has 0 saturated carbocycles. The number of aromatic nitrogens is 5. The number of hydrogen-bond donors (Lipinski definition) is 0. The van der Waals surface area contributed by atoms with Gasteiger partial charge >= 0.3 is 0 Å². The van der Waals surface area contributed by atoms with Crippen molar-refractivity contribution in [3.05, 3.63) is 64.8 Å². The molecular formula is C20H16ClN5O3. The maximum Gasteiger partial charge on any atom is 0.280 e. The van der Waals surface area contributed by atoms with Gasteiger partial charge in [0.1, 0.15) is 11.9 Å². The highest BCUT2D eigenvalue weighted by Gasteiger charge is 2.28. The molecule has 4 aromatic rings. The lowest BCUT2D eigenvalue weighted by Crippen LogP contribution is -2.22. The van der Waals surface area contributed by atoms with Crippen molar-refractivity contribution in [1.29, 1.82) is 0 Å². The molecule has 0 bridgehead atoms. The van der Waals surface area contributed by atoms with Crippen LogP contribution in [-0.4, -0.2) is 32.2 Å². The van der Waals surface area contributed by atoms with Gasteiger partial charge in [-0.1, -0.05) is 46.2 Å². The molecule has 2 aromatic carbocycles. The van der Waals surface area contributed by atoms with Crippen molar-refractivity contribution in [2.75, 3.05) is 7.11 Å². The maximum atomic E-state index is 6.22. The van der Waals surface area contributed by atoms with E-state index in [0.29, 0.717) is 35.3 Å². The van der Waals surface area contributed by atoms with Gasteiger partial charge in [-0.3, -0.25) is 0 Å².